The summed E-state index contributed by atoms with van der Waals surface area (Å²) in [6, 6.07) is 5.27. The van der Waals surface area contributed by atoms with Gasteiger partial charge in [0.05, 0.1) is 17.2 Å². The molecule has 1 aromatic carbocycles. The van der Waals surface area contributed by atoms with Crippen molar-refractivity contribution in [2.45, 2.75) is 6.42 Å². The van der Waals surface area contributed by atoms with E-state index in [0.29, 0.717) is 10.9 Å². The van der Waals surface area contributed by atoms with Gasteiger partial charge in [0.25, 0.3) is 5.56 Å². The quantitative estimate of drug-likeness (QED) is 0.816. The molecule has 0 aliphatic heterocycles. The number of aromatic nitrogens is 2. The SMILES string of the molecule is NC(=O)CC=Cc1ccc2c(=O)[nH]cnc2c1. The molecule has 0 spiro atoms. The molecule has 0 saturated carbocycles. The molecule has 5 heteroatoms. The molecule has 0 atom stereocenters. The van der Waals surface area contributed by atoms with Crippen LogP contribution in [0.5, 0.6) is 0 Å². The van der Waals surface area contributed by atoms with E-state index >= 15 is 0 Å². The molecule has 1 amide bonds. The minimum Gasteiger partial charge on any atom is -0.369 e. The molecule has 0 bridgehead atoms. The second-order valence-corrected chi connectivity index (χ2v) is 3.58. The molecule has 0 aliphatic rings. The Morgan fingerprint density at radius 3 is 3.06 bits per heavy atom. The number of primary amides is 1. The van der Waals surface area contributed by atoms with Gasteiger partial charge in [0, 0.05) is 6.42 Å². The van der Waals surface area contributed by atoms with Gasteiger partial charge in [-0.25, -0.2) is 4.98 Å². The van der Waals surface area contributed by atoms with E-state index in [9.17, 15) is 9.59 Å². The van der Waals surface area contributed by atoms with Crippen LogP contribution in [-0.4, -0.2) is 15.9 Å². The zero-order chi connectivity index (χ0) is 12.3. The molecule has 1 aromatic heterocycles. The van der Waals surface area contributed by atoms with Gasteiger partial charge in [-0.15, -0.1) is 0 Å². The number of hydrogen-bond donors (Lipinski definition) is 2. The van der Waals surface area contributed by atoms with E-state index in [4.69, 9.17) is 5.73 Å². The number of H-pyrrole nitrogens is 1. The minimum absolute atomic E-state index is 0.164. The number of rotatable bonds is 3. The van der Waals surface area contributed by atoms with Crippen LogP contribution in [0, 0.1) is 0 Å². The lowest BCUT2D eigenvalue weighted by Gasteiger charge is -1.97. The maximum Gasteiger partial charge on any atom is 0.258 e. The van der Waals surface area contributed by atoms with Crippen LogP contribution in [0.25, 0.3) is 17.0 Å². The molecular formula is C12H11N3O2. The number of fused-ring (bicyclic) bond motifs is 1. The summed E-state index contributed by atoms with van der Waals surface area (Å²) in [5.74, 6) is -0.378. The molecule has 0 saturated heterocycles. The zero-order valence-corrected chi connectivity index (χ0v) is 9.01. The van der Waals surface area contributed by atoms with E-state index in [-0.39, 0.29) is 17.9 Å². The van der Waals surface area contributed by atoms with E-state index < -0.39 is 0 Å². The van der Waals surface area contributed by atoms with Crippen molar-refractivity contribution < 1.29 is 4.79 Å². The van der Waals surface area contributed by atoms with Crippen LogP contribution in [-0.2, 0) is 4.79 Å². The molecule has 0 radical (unpaired) electrons. The summed E-state index contributed by atoms with van der Waals surface area (Å²) in [7, 11) is 0. The monoisotopic (exact) mass is 229 g/mol. The molecule has 17 heavy (non-hydrogen) atoms. The maximum absolute atomic E-state index is 11.4. The van der Waals surface area contributed by atoms with Gasteiger partial charge in [0.15, 0.2) is 0 Å². The second kappa shape index (κ2) is 4.61. The van der Waals surface area contributed by atoms with Gasteiger partial charge in [0.2, 0.25) is 5.91 Å². The van der Waals surface area contributed by atoms with Crippen LogP contribution >= 0.6 is 0 Å². The first kappa shape index (κ1) is 11.1. The lowest BCUT2D eigenvalue weighted by atomic mass is 10.1. The number of nitrogens with one attached hydrogen (secondary N) is 1. The van der Waals surface area contributed by atoms with Crippen molar-refractivity contribution in [2.75, 3.05) is 0 Å². The standard InChI is InChI=1S/C12H11N3O2/c13-11(16)3-1-2-8-4-5-9-10(6-8)14-7-15-12(9)17/h1-2,4-7H,3H2,(H2,13,16)(H,14,15,17). The molecule has 0 unspecified atom stereocenters. The van der Waals surface area contributed by atoms with Gasteiger partial charge in [-0.3, -0.25) is 9.59 Å². The Hall–Kier alpha value is -2.43. The average molecular weight is 229 g/mol. The summed E-state index contributed by atoms with van der Waals surface area (Å²) in [5.41, 5.74) is 6.35. The van der Waals surface area contributed by atoms with E-state index in [1.54, 1.807) is 30.4 Å². The lowest BCUT2D eigenvalue weighted by Crippen LogP contribution is -2.08. The first-order valence-corrected chi connectivity index (χ1v) is 5.09. The molecule has 3 N–H and O–H groups in total. The third kappa shape index (κ3) is 2.57. The highest BCUT2D eigenvalue weighted by Gasteiger charge is 1.98. The van der Waals surface area contributed by atoms with Crippen molar-refractivity contribution in [3.05, 3.63) is 46.5 Å². The number of hydrogen-bond acceptors (Lipinski definition) is 3. The lowest BCUT2D eigenvalue weighted by molar-refractivity contribution is -0.117. The molecule has 2 rings (SSSR count). The molecule has 5 nitrogen and oxygen atoms in total. The van der Waals surface area contributed by atoms with Crippen LogP contribution < -0.4 is 11.3 Å². The number of carbonyl (C=O) groups is 1. The van der Waals surface area contributed by atoms with Gasteiger partial charge >= 0.3 is 0 Å². The Morgan fingerprint density at radius 1 is 1.47 bits per heavy atom. The summed E-state index contributed by atoms with van der Waals surface area (Å²) in [5, 5.41) is 0.541. The fraction of sp³-hybridized carbons (Fsp3) is 0.0833. The number of aromatic amines is 1. The minimum atomic E-state index is -0.378. The molecule has 2 aromatic rings. The van der Waals surface area contributed by atoms with Crippen LogP contribution in [0.15, 0.2) is 35.4 Å². The van der Waals surface area contributed by atoms with Crippen molar-refractivity contribution in [1.82, 2.24) is 9.97 Å². The molecular weight excluding hydrogens is 218 g/mol. The highest BCUT2D eigenvalue weighted by atomic mass is 16.1. The third-order valence-corrected chi connectivity index (χ3v) is 2.30. The Morgan fingerprint density at radius 2 is 2.29 bits per heavy atom. The van der Waals surface area contributed by atoms with Crippen molar-refractivity contribution in [1.29, 1.82) is 0 Å². The van der Waals surface area contributed by atoms with E-state index in [0.717, 1.165) is 5.56 Å². The first-order valence-electron chi connectivity index (χ1n) is 5.09. The molecule has 1 heterocycles. The van der Waals surface area contributed by atoms with Gasteiger partial charge in [-0.05, 0) is 17.7 Å². The van der Waals surface area contributed by atoms with Gasteiger partial charge in [-0.1, -0.05) is 18.2 Å². The summed E-state index contributed by atoms with van der Waals surface area (Å²) in [6.07, 6.45) is 5.01. The number of nitrogens with two attached hydrogens (primary N) is 1. The van der Waals surface area contributed by atoms with E-state index in [1.807, 2.05) is 0 Å². The number of amides is 1. The molecule has 0 fully saturated rings. The number of carbonyl (C=O) groups excluding carboxylic acids is 1. The Bertz CT molecular complexity index is 643. The van der Waals surface area contributed by atoms with Crippen molar-refractivity contribution in [2.24, 2.45) is 5.73 Å². The molecule has 86 valence electrons. The highest BCUT2D eigenvalue weighted by Crippen LogP contribution is 2.10. The van der Waals surface area contributed by atoms with E-state index in [1.165, 1.54) is 6.33 Å². The number of nitrogens with zero attached hydrogens (tertiary/aromatic N) is 1. The van der Waals surface area contributed by atoms with E-state index in [2.05, 4.69) is 9.97 Å². The second-order valence-electron chi connectivity index (χ2n) is 3.58. The normalized spacial score (nSPS) is 11.1. The Labute approximate surface area is 97.0 Å². The zero-order valence-electron chi connectivity index (χ0n) is 9.01. The summed E-state index contributed by atoms with van der Waals surface area (Å²) < 4.78 is 0. The van der Waals surface area contributed by atoms with Crippen molar-refractivity contribution in [3.8, 4) is 0 Å². The predicted molar refractivity (Wildman–Crippen MR) is 65.2 cm³/mol. The largest absolute Gasteiger partial charge is 0.369 e. The summed E-state index contributed by atoms with van der Waals surface area (Å²) in [4.78, 5) is 28.5. The summed E-state index contributed by atoms with van der Waals surface area (Å²) >= 11 is 0. The fourth-order valence-electron chi connectivity index (χ4n) is 1.50. The Balaban J connectivity index is 2.35. The van der Waals surface area contributed by atoms with Crippen LogP contribution in [0.3, 0.4) is 0 Å². The fourth-order valence-corrected chi connectivity index (χ4v) is 1.50. The third-order valence-electron chi connectivity index (χ3n) is 2.30. The van der Waals surface area contributed by atoms with Gasteiger partial charge in [0.1, 0.15) is 0 Å². The maximum atomic E-state index is 11.4. The van der Waals surface area contributed by atoms with Crippen molar-refractivity contribution in [3.63, 3.8) is 0 Å². The average Bonchev–Trinajstić information content (AvgIpc) is 2.29. The van der Waals surface area contributed by atoms with Crippen LogP contribution in [0.4, 0.5) is 0 Å². The molecule has 0 aliphatic carbocycles. The summed E-state index contributed by atoms with van der Waals surface area (Å²) in [6.45, 7) is 0. The van der Waals surface area contributed by atoms with Crippen LogP contribution in [0.2, 0.25) is 0 Å². The number of benzene rings is 1. The van der Waals surface area contributed by atoms with Gasteiger partial charge in [-0.2, -0.15) is 0 Å². The smallest absolute Gasteiger partial charge is 0.258 e. The van der Waals surface area contributed by atoms with Gasteiger partial charge < -0.3 is 10.7 Å². The predicted octanol–water partition coefficient (Wildman–Crippen LogP) is 0.812. The Kier molecular flexibility index (Phi) is 3.00. The first-order chi connectivity index (χ1) is 8.16. The topological polar surface area (TPSA) is 88.8 Å². The van der Waals surface area contributed by atoms with Crippen molar-refractivity contribution >= 4 is 22.9 Å². The van der Waals surface area contributed by atoms with Crippen LogP contribution in [0.1, 0.15) is 12.0 Å². The highest BCUT2D eigenvalue weighted by molar-refractivity contribution is 5.81.